The van der Waals surface area contributed by atoms with Crippen molar-refractivity contribution in [3.8, 4) is 0 Å². The highest BCUT2D eigenvalue weighted by molar-refractivity contribution is 5.68. The molecular formula is C16H25N3. The van der Waals surface area contributed by atoms with Crippen molar-refractivity contribution in [3.63, 3.8) is 0 Å². The van der Waals surface area contributed by atoms with Crippen LogP contribution in [0.5, 0.6) is 0 Å². The molecule has 0 aromatic heterocycles. The SMILES string of the molecule is [C-]#[N+]Cc1ccc(N(CC(C)C)CC(C)C)c(N)c1. The Labute approximate surface area is 117 Å². The molecule has 0 radical (unpaired) electrons. The molecular weight excluding hydrogens is 234 g/mol. The molecule has 19 heavy (non-hydrogen) atoms. The summed E-state index contributed by atoms with van der Waals surface area (Å²) in [7, 11) is 0. The summed E-state index contributed by atoms with van der Waals surface area (Å²) >= 11 is 0. The minimum atomic E-state index is 0.402. The van der Waals surface area contributed by atoms with E-state index in [1.165, 1.54) is 0 Å². The molecule has 0 aliphatic carbocycles. The molecule has 0 saturated carbocycles. The molecule has 1 aromatic rings. The fourth-order valence-corrected chi connectivity index (χ4v) is 2.23. The zero-order valence-corrected chi connectivity index (χ0v) is 12.5. The van der Waals surface area contributed by atoms with E-state index in [2.05, 4.69) is 43.5 Å². The van der Waals surface area contributed by atoms with Gasteiger partial charge in [0, 0.05) is 18.7 Å². The predicted octanol–water partition coefficient (Wildman–Crippen LogP) is 3.81. The molecule has 0 bridgehead atoms. The second kappa shape index (κ2) is 7.04. The second-order valence-electron chi connectivity index (χ2n) is 5.90. The fourth-order valence-electron chi connectivity index (χ4n) is 2.23. The van der Waals surface area contributed by atoms with Gasteiger partial charge in [-0.3, -0.25) is 0 Å². The molecule has 0 spiro atoms. The van der Waals surface area contributed by atoms with Gasteiger partial charge in [0.2, 0.25) is 6.54 Å². The Morgan fingerprint density at radius 3 is 2.16 bits per heavy atom. The van der Waals surface area contributed by atoms with Crippen LogP contribution in [0.15, 0.2) is 18.2 Å². The van der Waals surface area contributed by atoms with Crippen LogP contribution in [-0.2, 0) is 6.54 Å². The monoisotopic (exact) mass is 259 g/mol. The van der Waals surface area contributed by atoms with Crippen LogP contribution in [0.4, 0.5) is 11.4 Å². The van der Waals surface area contributed by atoms with Crippen LogP contribution in [0.1, 0.15) is 33.3 Å². The first-order chi connectivity index (χ1) is 8.93. The highest BCUT2D eigenvalue weighted by Crippen LogP contribution is 2.26. The summed E-state index contributed by atoms with van der Waals surface area (Å²) in [5.74, 6) is 1.20. The van der Waals surface area contributed by atoms with E-state index in [1.807, 2.05) is 12.1 Å². The van der Waals surface area contributed by atoms with Gasteiger partial charge in [0.1, 0.15) is 0 Å². The van der Waals surface area contributed by atoms with Crippen LogP contribution in [0.3, 0.4) is 0 Å². The molecule has 0 amide bonds. The highest BCUT2D eigenvalue weighted by Gasteiger charge is 2.13. The molecule has 0 fully saturated rings. The van der Waals surface area contributed by atoms with Gasteiger partial charge in [-0.2, -0.15) is 0 Å². The van der Waals surface area contributed by atoms with Gasteiger partial charge in [-0.15, -0.1) is 0 Å². The summed E-state index contributed by atoms with van der Waals surface area (Å²) in [6.07, 6.45) is 0. The summed E-state index contributed by atoms with van der Waals surface area (Å²) in [6, 6.07) is 6.00. The Balaban J connectivity index is 2.98. The minimum absolute atomic E-state index is 0.402. The summed E-state index contributed by atoms with van der Waals surface area (Å²) in [5, 5.41) is 0. The lowest BCUT2D eigenvalue weighted by atomic mass is 10.1. The zero-order valence-electron chi connectivity index (χ0n) is 12.5. The van der Waals surface area contributed by atoms with E-state index < -0.39 is 0 Å². The van der Waals surface area contributed by atoms with Gasteiger partial charge in [-0.05, 0) is 30.0 Å². The second-order valence-corrected chi connectivity index (χ2v) is 5.90. The quantitative estimate of drug-likeness (QED) is 0.622. The van der Waals surface area contributed by atoms with E-state index in [0.29, 0.717) is 18.4 Å². The molecule has 1 aromatic carbocycles. The normalized spacial score (nSPS) is 10.8. The maximum absolute atomic E-state index is 6.91. The largest absolute Gasteiger partial charge is 0.397 e. The predicted molar refractivity (Wildman–Crippen MR) is 83.0 cm³/mol. The Bertz CT molecular complexity index is 434. The lowest BCUT2D eigenvalue weighted by molar-refractivity contribution is 0.553. The van der Waals surface area contributed by atoms with Crippen LogP contribution in [-0.4, -0.2) is 13.1 Å². The van der Waals surface area contributed by atoms with Crippen molar-refractivity contribution in [1.82, 2.24) is 0 Å². The van der Waals surface area contributed by atoms with Gasteiger partial charge in [0.05, 0.1) is 11.4 Å². The Morgan fingerprint density at radius 1 is 1.16 bits per heavy atom. The van der Waals surface area contributed by atoms with Crippen molar-refractivity contribution < 1.29 is 0 Å². The molecule has 0 atom stereocenters. The van der Waals surface area contributed by atoms with E-state index in [9.17, 15) is 0 Å². The third-order valence-electron chi connectivity index (χ3n) is 2.87. The van der Waals surface area contributed by atoms with Gasteiger partial charge in [-0.25, -0.2) is 6.57 Å². The van der Waals surface area contributed by atoms with Crippen LogP contribution >= 0.6 is 0 Å². The summed E-state index contributed by atoms with van der Waals surface area (Å²) in [6.45, 7) is 18.2. The number of anilines is 2. The molecule has 3 nitrogen and oxygen atoms in total. The summed E-state index contributed by atoms with van der Waals surface area (Å²) in [4.78, 5) is 5.75. The van der Waals surface area contributed by atoms with Crippen molar-refractivity contribution >= 4 is 11.4 Å². The average molecular weight is 259 g/mol. The highest BCUT2D eigenvalue weighted by atomic mass is 15.1. The topological polar surface area (TPSA) is 33.6 Å². The first-order valence-corrected chi connectivity index (χ1v) is 6.90. The molecule has 104 valence electrons. The van der Waals surface area contributed by atoms with Crippen molar-refractivity contribution in [2.75, 3.05) is 23.7 Å². The van der Waals surface area contributed by atoms with Crippen LogP contribution in [0.2, 0.25) is 0 Å². The summed E-state index contributed by atoms with van der Waals surface area (Å²) < 4.78 is 0. The van der Waals surface area contributed by atoms with E-state index >= 15 is 0 Å². The van der Waals surface area contributed by atoms with Gasteiger partial charge in [-0.1, -0.05) is 27.7 Å². The van der Waals surface area contributed by atoms with Crippen molar-refractivity contribution in [2.24, 2.45) is 11.8 Å². The fraction of sp³-hybridized carbons (Fsp3) is 0.562. The van der Waals surface area contributed by atoms with Crippen LogP contribution in [0, 0.1) is 18.4 Å². The Hall–Kier alpha value is -1.69. The Morgan fingerprint density at radius 2 is 1.74 bits per heavy atom. The van der Waals surface area contributed by atoms with E-state index in [1.54, 1.807) is 0 Å². The van der Waals surface area contributed by atoms with Gasteiger partial charge < -0.3 is 15.5 Å². The molecule has 0 unspecified atom stereocenters. The van der Waals surface area contributed by atoms with E-state index in [-0.39, 0.29) is 0 Å². The third kappa shape index (κ3) is 4.82. The van der Waals surface area contributed by atoms with Crippen LogP contribution in [0.25, 0.3) is 4.85 Å². The zero-order chi connectivity index (χ0) is 14.4. The first-order valence-electron chi connectivity index (χ1n) is 6.90. The number of nitrogens with two attached hydrogens (primary N) is 1. The lowest BCUT2D eigenvalue weighted by Crippen LogP contribution is -2.31. The molecule has 3 heteroatoms. The van der Waals surface area contributed by atoms with Crippen molar-refractivity contribution in [2.45, 2.75) is 34.2 Å². The van der Waals surface area contributed by atoms with E-state index in [0.717, 1.165) is 30.0 Å². The molecule has 0 aliphatic rings. The van der Waals surface area contributed by atoms with E-state index in [4.69, 9.17) is 12.3 Å². The number of rotatable bonds is 6. The Kier molecular flexibility index (Phi) is 5.69. The standard InChI is InChI=1S/C16H25N3/c1-12(2)10-19(11-13(3)4)16-7-6-14(9-18-5)8-15(16)17/h6-8,12-13H,9-11,17H2,1-4H3. The maximum atomic E-state index is 6.91. The first kappa shape index (κ1) is 15.4. The van der Waals surface area contributed by atoms with Crippen molar-refractivity contribution in [1.29, 1.82) is 0 Å². The third-order valence-corrected chi connectivity index (χ3v) is 2.87. The lowest BCUT2D eigenvalue weighted by Gasteiger charge is -2.29. The molecule has 0 aliphatic heterocycles. The molecule has 2 N–H and O–H groups in total. The summed E-state index contributed by atoms with van der Waals surface area (Å²) in [5.41, 5.74) is 9.02. The molecule has 0 heterocycles. The number of hydrogen-bond acceptors (Lipinski definition) is 2. The maximum Gasteiger partial charge on any atom is 0.239 e. The van der Waals surface area contributed by atoms with Gasteiger partial charge >= 0.3 is 0 Å². The average Bonchev–Trinajstić information content (AvgIpc) is 2.27. The van der Waals surface area contributed by atoms with Gasteiger partial charge in [0.15, 0.2) is 0 Å². The minimum Gasteiger partial charge on any atom is -0.397 e. The smallest absolute Gasteiger partial charge is 0.239 e. The number of hydrogen-bond donors (Lipinski definition) is 1. The molecule has 1 rings (SSSR count). The molecule has 0 saturated heterocycles. The van der Waals surface area contributed by atoms with Gasteiger partial charge in [0.25, 0.3) is 0 Å². The number of nitrogen functional groups attached to an aromatic ring is 1. The van der Waals surface area contributed by atoms with Crippen LogP contribution < -0.4 is 10.6 Å². The van der Waals surface area contributed by atoms with Crippen molar-refractivity contribution in [3.05, 3.63) is 35.2 Å². The number of benzene rings is 1. The number of nitrogens with zero attached hydrogens (tertiary/aromatic N) is 2.